The van der Waals surface area contributed by atoms with Crippen molar-refractivity contribution in [2.75, 3.05) is 9.80 Å². The molecule has 2 atom stereocenters. The molecule has 0 bridgehead atoms. The Labute approximate surface area is 537 Å². The molecule has 1 aromatic heterocycles. The van der Waals surface area contributed by atoms with Crippen molar-refractivity contribution >= 4 is 62.3 Å². The van der Waals surface area contributed by atoms with Gasteiger partial charge in [0.15, 0.2) is 0 Å². The number of nitrogens with one attached hydrogen (secondary N) is 1. The van der Waals surface area contributed by atoms with Crippen LogP contribution >= 0.6 is 0 Å². The van der Waals surface area contributed by atoms with Crippen molar-refractivity contribution in [1.29, 1.82) is 10.7 Å². The van der Waals surface area contributed by atoms with E-state index < -0.39 is 5.41 Å². The molecule has 0 saturated carbocycles. The van der Waals surface area contributed by atoms with Crippen LogP contribution in [-0.4, -0.2) is 10.8 Å². The van der Waals surface area contributed by atoms with Gasteiger partial charge in [-0.05, 0) is 224 Å². The van der Waals surface area contributed by atoms with E-state index in [4.69, 9.17) is 5.41 Å². The summed E-state index contributed by atoms with van der Waals surface area (Å²) < 4.78 is 2.58. The third-order valence-corrected chi connectivity index (χ3v) is 19.8. The maximum absolute atomic E-state index is 10.4. The Morgan fingerprint density at radius 3 is 1.76 bits per heavy atom. The minimum atomic E-state index is -0.686. The molecule has 17 rings (SSSR count). The SMILES string of the molecule is N#Cc1ccc(N(c2cc(C3=CC=CCC3)cc(-c3ccccc3)c2)C2CC3=C(c4ccc(N(c5ccc(C=N)cc5)c5cc(-c6ccccc6)cc(-c6ccccc6)c5)cc4C34C3=C(C=CCC3)c3ccccc34)c3c2c2ccccc2n3-c2ccccc2)cc1. The highest BCUT2D eigenvalue weighted by molar-refractivity contribution is 6.06. The summed E-state index contributed by atoms with van der Waals surface area (Å²) in [6.45, 7) is 0. The van der Waals surface area contributed by atoms with Gasteiger partial charge in [-0.1, -0.05) is 200 Å². The van der Waals surface area contributed by atoms with E-state index in [1.165, 1.54) is 78.5 Å². The van der Waals surface area contributed by atoms with Gasteiger partial charge in [0, 0.05) is 56.9 Å². The fraction of sp³-hybridized carbons (Fsp3) is 0.0805. The first-order valence-electron chi connectivity index (χ1n) is 32.1. The van der Waals surface area contributed by atoms with E-state index in [0.29, 0.717) is 12.0 Å². The van der Waals surface area contributed by atoms with Crippen molar-refractivity contribution < 1.29 is 0 Å². The van der Waals surface area contributed by atoms with E-state index in [2.05, 4.69) is 312 Å². The fourth-order valence-electron chi connectivity index (χ4n) is 15.9. The van der Waals surface area contributed by atoms with Gasteiger partial charge in [0.1, 0.15) is 0 Å². The standard InChI is InChI=1S/C87H63N5/c88-56-58-38-42-69(43-39-58)90(72-50-64(60-22-6-1-7-23-60)48-65(51-72)61-24-8-2-9-25-61)71-46-47-76-80(54-71)87(78-35-19-16-32-74(78)75-33-17-20-36-79(75)87)81-55-83(85-77-34-18-21-37-82(77)92(86(85)84(76)81)68-30-14-5-15-31-68)91(70-44-40-59(57-89)41-45-70)73-52-66(62-26-10-3-11-27-62)49-67(53-73)63-28-12-4-13-29-63/h1-12,14-19,21-28,30-35,37-54,56,83,88H,13,20,29,36,55H2. The molecular weight excluding hydrogens is 1110 g/mol. The lowest BCUT2D eigenvalue weighted by Gasteiger charge is -2.42. The molecule has 1 spiro atoms. The van der Waals surface area contributed by atoms with Crippen LogP contribution in [0.1, 0.15) is 88.3 Å². The Bertz CT molecular complexity index is 5080. The molecule has 0 amide bonds. The van der Waals surface area contributed by atoms with Crippen molar-refractivity contribution in [1.82, 2.24) is 4.57 Å². The average Bonchev–Trinajstić information content (AvgIpc) is 1.49. The van der Waals surface area contributed by atoms with Crippen molar-refractivity contribution in [3.63, 3.8) is 0 Å². The van der Waals surface area contributed by atoms with Gasteiger partial charge in [-0.3, -0.25) is 0 Å². The molecule has 5 nitrogen and oxygen atoms in total. The van der Waals surface area contributed by atoms with Crippen molar-refractivity contribution in [2.24, 2.45) is 0 Å². The second-order valence-electron chi connectivity index (χ2n) is 24.8. The van der Waals surface area contributed by atoms with Gasteiger partial charge in [-0.2, -0.15) is 5.26 Å². The van der Waals surface area contributed by atoms with E-state index in [1.54, 1.807) is 0 Å². The molecule has 0 fully saturated rings. The summed E-state index contributed by atoms with van der Waals surface area (Å²) in [6, 6.07) is 102. The number of benzene rings is 11. The third-order valence-electron chi connectivity index (χ3n) is 19.8. The molecule has 1 N–H and O–H groups in total. The van der Waals surface area contributed by atoms with Gasteiger partial charge in [0.25, 0.3) is 0 Å². The second kappa shape index (κ2) is 22.5. The quantitative estimate of drug-likeness (QED) is 0.124. The largest absolute Gasteiger partial charge is 0.333 e. The number of para-hydroxylation sites is 2. The number of anilines is 5. The highest BCUT2D eigenvalue weighted by Crippen LogP contribution is 2.68. The van der Waals surface area contributed by atoms with E-state index in [1.807, 2.05) is 12.1 Å². The third kappa shape index (κ3) is 8.85. The van der Waals surface area contributed by atoms with Crippen LogP contribution < -0.4 is 9.80 Å². The van der Waals surface area contributed by atoms with Gasteiger partial charge in [-0.15, -0.1) is 0 Å². The van der Waals surface area contributed by atoms with E-state index in [0.717, 1.165) is 104 Å². The van der Waals surface area contributed by atoms with E-state index in [-0.39, 0.29) is 6.04 Å². The molecule has 5 aliphatic rings. The Balaban J connectivity index is 0.974. The van der Waals surface area contributed by atoms with Crippen molar-refractivity contribution in [2.45, 2.75) is 43.6 Å². The minimum Gasteiger partial charge on any atom is -0.333 e. The topological polar surface area (TPSA) is 59.1 Å². The maximum Gasteiger partial charge on any atom is 0.0991 e. The number of rotatable bonds is 12. The van der Waals surface area contributed by atoms with Crippen LogP contribution in [0.3, 0.4) is 0 Å². The van der Waals surface area contributed by atoms with E-state index in [9.17, 15) is 5.26 Å². The number of nitrogens with zero attached hydrogens (tertiary/aromatic N) is 4. The number of hydrogen-bond donors (Lipinski definition) is 1. The normalized spacial score (nSPS) is 16.6. The zero-order chi connectivity index (χ0) is 61.3. The first kappa shape index (κ1) is 54.6. The van der Waals surface area contributed by atoms with Gasteiger partial charge >= 0.3 is 0 Å². The summed E-state index contributed by atoms with van der Waals surface area (Å²) in [5.74, 6) is 0. The first-order chi connectivity index (χ1) is 45.5. The molecule has 92 heavy (non-hydrogen) atoms. The smallest absolute Gasteiger partial charge is 0.0991 e. The Morgan fingerprint density at radius 1 is 0.489 bits per heavy atom. The summed E-state index contributed by atoms with van der Waals surface area (Å²) in [6.07, 6.45) is 17.5. The first-order valence-corrected chi connectivity index (χ1v) is 32.1. The molecule has 12 aromatic rings. The minimum absolute atomic E-state index is 0.256. The van der Waals surface area contributed by atoms with Crippen LogP contribution in [0.4, 0.5) is 28.4 Å². The van der Waals surface area contributed by atoms with Crippen molar-refractivity contribution in [3.05, 3.63) is 365 Å². The highest BCUT2D eigenvalue weighted by Gasteiger charge is 2.57. The zero-order valence-corrected chi connectivity index (χ0v) is 50.8. The average molecular weight is 1180 g/mol. The van der Waals surface area contributed by atoms with Crippen LogP contribution in [0.25, 0.3) is 66.7 Å². The van der Waals surface area contributed by atoms with Gasteiger partial charge in [0.2, 0.25) is 0 Å². The number of aromatic nitrogens is 1. The highest BCUT2D eigenvalue weighted by atomic mass is 15.2. The molecule has 0 radical (unpaired) electrons. The Morgan fingerprint density at radius 2 is 1.09 bits per heavy atom. The number of nitriles is 1. The number of allylic oxidation sites excluding steroid dienone is 8. The Hall–Kier alpha value is -11.6. The fourth-order valence-corrected chi connectivity index (χ4v) is 15.9. The Kier molecular flexibility index (Phi) is 13.3. The van der Waals surface area contributed by atoms with Crippen LogP contribution in [0.2, 0.25) is 0 Å². The van der Waals surface area contributed by atoms with Gasteiger partial charge in [0.05, 0.1) is 34.3 Å². The van der Waals surface area contributed by atoms with Crippen LogP contribution in [0.15, 0.2) is 315 Å². The summed E-state index contributed by atoms with van der Waals surface area (Å²) >= 11 is 0. The van der Waals surface area contributed by atoms with Gasteiger partial charge in [-0.25, -0.2) is 0 Å². The van der Waals surface area contributed by atoms with Crippen LogP contribution in [-0.2, 0) is 5.41 Å². The number of fused-ring (bicyclic) bond motifs is 12. The number of hydrogen-bond acceptors (Lipinski definition) is 4. The lowest BCUT2D eigenvalue weighted by Crippen LogP contribution is -2.34. The maximum atomic E-state index is 10.4. The molecule has 0 aliphatic heterocycles. The molecular formula is C87H63N5. The molecule has 1 heterocycles. The van der Waals surface area contributed by atoms with Crippen molar-refractivity contribution in [3.8, 4) is 45.1 Å². The summed E-state index contributed by atoms with van der Waals surface area (Å²) in [4.78, 5) is 5.09. The lowest BCUT2D eigenvalue weighted by atomic mass is 9.64. The molecule has 5 heteroatoms. The predicted octanol–water partition coefficient (Wildman–Crippen LogP) is 22.2. The van der Waals surface area contributed by atoms with Gasteiger partial charge < -0.3 is 19.8 Å². The monoisotopic (exact) mass is 1180 g/mol. The second-order valence-corrected chi connectivity index (χ2v) is 24.8. The summed E-state index contributed by atoms with van der Waals surface area (Å²) in [5.41, 5.74) is 30.6. The summed E-state index contributed by atoms with van der Waals surface area (Å²) in [5, 5.41) is 20.0. The van der Waals surface area contributed by atoms with Crippen LogP contribution in [0.5, 0.6) is 0 Å². The van der Waals surface area contributed by atoms with Crippen LogP contribution in [0, 0.1) is 16.7 Å². The van der Waals surface area contributed by atoms with E-state index >= 15 is 0 Å². The molecule has 11 aromatic carbocycles. The summed E-state index contributed by atoms with van der Waals surface area (Å²) in [7, 11) is 0. The predicted molar refractivity (Wildman–Crippen MR) is 381 cm³/mol. The molecule has 5 aliphatic carbocycles. The molecule has 0 saturated heterocycles. The lowest BCUT2D eigenvalue weighted by molar-refractivity contribution is 0.598. The molecule has 436 valence electrons. The molecule has 2 unspecified atom stereocenters. The zero-order valence-electron chi connectivity index (χ0n) is 50.8.